The average Bonchev–Trinajstić information content (AvgIpc) is 3.73. The molecule has 10 rings (SSSR count). The average molecular weight is 1070 g/mol. The van der Waals surface area contributed by atoms with Crippen LogP contribution in [-0.2, 0) is 26.5 Å². The summed E-state index contributed by atoms with van der Waals surface area (Å²) in [6.45, 7) is 11.7. The first kappa shape index (κ1) is 46.5. The van der Waals surface area contributed by atoms with Gasteiger partial charge in [-0.3, -0.25) is 0 Å². The number of fused-ring (bicyclic) bond motifs is 3. The van der Waals surface area contributed by atoms with E-state index in [9.17, 15) is 0 Å². The van der Waals surface area contributed by atoms with Gasteiger partial charge in [0, 0.05) is 37.2 Å². The van der Waals surface area contributed by atoms with E-state index in [1.165, 1.54) is 75.4 Å². The molecule has 3 heterocycles. The number of hydrogen-bond donors (Lipinski definition) is 0. The van der Waals surface area contributed by atoms with Crippen molar-refractivity contribution < 1.29 is 20.1 Å². The van der Waals surface area contributed by atoms with Crippen molar-refractivity contribution in [2.24, 2.45) is 0 Å². The first-order chi connectivity index (χ1) is 31.7. The number of thiophene rings is 1. The molecular weight excluding hydrogens is 1010 g/mol. The summed E-state index contributed by atoms with van der Waals surface area (Å²) in [5, 5.41) is 4.02. The van der Waals surface area contributed by atoms with Crippen molar-refractivity contribution in [2.75, 3.05) is 0 Å². The fourth-order valence-electron chi connectivity index (χ4n) is 8.96. The standard InChI is InChI=1S/C34H28NS.C27H26NSi.Ir/c1-3-23(4-2)26-17-18-35-31(21-26)27-15-16-32-30(19-27)34-29(25-13-9-6-10-14-25)20-28(22-33(34)36-32)24-11-7-5-8-12-24;1-29(2,3)27-20-28-26(19-25(27)17-21-11-6-4-7-12-21)24-16-10-15-23(18-24)22-13-8-5-9-14-22;/h5-14,16-23H,3-4H2,1-2H3;4-15,18-20H,17H2,1-3H3;/q2*-1;. The molecule has 0 unspecified atom stereocenters. The monoisotopic (exact) mass is 1070 g/mol. The molecule has 0 spiro atoms. The second kappa shape index (κ2) is 21.0. The molecule has 0 aliphatic heterocycles. The summed E-state index contributed by atoms with van der Waals surface area (Å²) in [6, 6.07) is 71.7. The van der Waals surface area contributed by atoms with E-state index in [1.54, 1.807) is 0 Å². The van der Waals surface area contributed by atoms with Crippen molar-refractivity contribution >= 4 is 44.8 Å². The minimum atomic E-state index is -1.49. The van der Waals surface area contributed by atoms with E-state index in [2.05, 4.69) is 222 Å². The quantitative estimate of drug-likeness (QED) is 0.0953. The number of rotatable bonds is 11. The summed E-state index contributed by atoms with van der Waals surface area (Å²) >= 11 is 1.85. The van der Waals surface area contributed by atoms with Crippen LogP contribution < -0.4 is 5.19 Å². The second-order valence-corrected chi connectivity index (χ2v) is 24.0. The van der Waals surface area contributed by atoms with Crippen LogP contribution in [-0.4, -0.2) is 18.0 Å². The van der Waals surface area contributed by atoms with Gasteiger partial charge in [0.25, 0.3) is 0 Å². The fraction of sp³-hybridized carbons (Fsp3) is 0.148. The topological polar surface area (TPSA) is 25.8 Å². The minimum absolute atomic E-state index is 0. The Bertz CT molecular complexity index is 3180. The van der Waals surface area contributed by atoms with Crippen molar-refractivity contribution in [1.82, 2.24) is 9.97 Å². The molecular formula is C61H54IrN2SSi-2. The van der Waals surface area contributed by atoms with Crippen molar-refractivity contribution in [3.8, 4) is 55.9 Å². The maximum absolute atomic E-state index is 4.86. The zero-order valence-corrected chi connectivity index (χ0v) is 42.5. The zero-order valence-electron chi connectivity index (χ0n) is 38.3. The predicted octanol–water partition coefficient (Wildman–Crippen LogP) is 16.5. The molecule has 5 heteroatoms. The third kappa shape index (κ3) is 10.5. The van der Waals surface area contributed by atoms with Crippen LogP contribution in [0.5, 0.6) is 0 Å². The summed E-state index contributed by atoms with van der Waals surface area (Å²) in [5.41, 5.74) is 15.6. The number of aromatic nitrogens is 2. The van der Waals surface area contributed by atoms with Gasteiger partial charge in [-0.15, -0.1) is 59.2 Å². The van der Waals surface area contributed by atoms with Crippen LogP contribution in [0.4, 0.5) is 0 Å². The summed E-state index contributed by atoms with van der Waals surface area (Å²) in [5.74, 6) is 0.568. The molecule has 0 aliphatic rings. The fourth-order valence-corrected chi connectivity index (χ4v) is 11.7. The zero-order chi connectivity index (χ0) is 44.8. The van der Waals surface area contributed by atoms with Crippen molar-refractivity contribution in [3.63, 3.8) is 0 Å². The second-order valence-electron chi connectivity index (χ2n) is 17.8. The van der Waals surface area contributed by atoms with Crippen molar-refractivity contribution in [3.05, 3.63) is 223 Å². The molecule has 0 saturated heterocycles. The van der Waals surface area contributed by atoms with Crippen LogP contribution in [0, 0.1) is 12.1 Å². The van der Waals surface area contributed by atoms with Gasteiger partial charge in [0.2, 0.25) is 0 Å². The number of pyridine rings is 2. The molecule has 0 atom stereocenters. The maximum Gasteiger partial charge on any atom is 0.0799 e. The van der Waals surface area contributed by atoms with Crippen LogP contribution in [0.1, 0.15) is 49.3 Å². The van der Waals surface area contributed by atoms with E-state index in [4.69, 9.17) is 9.97 Å². The van der Waals surface area contributed by atoms with Gasteiger partial charge in [-0.05, 0) is 103 Å². The van der Waals surface area contributed by atoms with E-state index >= 15 is 0 Å². The number of nitrogens with zero attached hydrogens (tertiary/aromatic N) is 2. The summed E-state index contributed by atoms with van der Waals surface area (Å²) in [4.78, 5) is 9.59. The maximum atomic E-state index is 4.86. The van der Waals surface area contributed by atoms with Crippen LogP contribution in [0.25, 0.3) is 76.1 Å². The molecule has 0 aliphatic carbocycles. The molecule has 0 saturated carbocycles. The van der Waals surface area contributed by atoms with Gasteiger partial charge in [0.15, 0.2) is 0 Å². The Labute approximate surface area is 409 Å². The Morgan fingerprint density at radius 3 is 1.82 bits per heavy atom. The summed E-state index contributed by atoms with van der Waals surface area (Å²) in [7, 11) is -1.49. The molecule has 0 amide bonds. The Balaban J connectivity index is 0.000000181. The predicted molar refractivity (Wildman–Crippen MR) is 282 cm³/mol. The molecule has 1 radical (unpaired) electrons. The summed E-state index contributed by atoms with van der Waals surface area (Å²) in [6.07, 6.45) is 7.29. The van der Waals surface area contributed by atoms with E-state index < -0.39 is 8.07 Å². The molecule has 3 aromatic heterocycles. The molecule has 2 nitrogen and oxygen atoms in total. The van der Waals surface area contributed by atoms with Gasteiger partial charge in [0.05, 0.1) is 8.07 Å². The van der Waals surface area contributed by atoms with E-state index in [-0.39, 0.29) is 20.1 Å². The third-order valence-corrected chi connectivity index (χ3v) is 15.6. The van der Waals surface area contributed by atoms with Crippen LogP contribution in [0.2, 0.25) is 19.6 Å². The van der Waals surface area contributed by atoms with E-state index in [0.717, 1.165) is 41.8 Å². The molecule has 0 fully saturated rings. The van der Waals surface area contributed by atoms with Gasteiger partial charge in [-0.25, -0.2) is 0 Å². The minimum Gasteiger partial charge on any atom is -0.305 e. The smallest absolute Gasteiger partial charge is 0.0799 e. The van der Waals surface area contributed by atoms with Crippen molar-refractivity contribution in [2.45, 2.75) is 58.7 Å². The van der Waals surface area contributed by atoms with Gasteiger partial charge >= 0.3 is 0 Å². The van der Waals surface area contributed by atoms with Crippen LogP contribution in [0.3, 0.4) is 0 Å². The van der Waals surface area contributed by atoms with Crippen LogP contribution in [0.15, 0.2) is 194 Å². The largest absolute Gasteiger partial charge is 0.305 e. The first-order valence-electron chi connectivity index (χ1n) is 22.9. The van der Waals surface area contributed by atoms with Gasteiger partial charge in [0.1, 0.15) is 0 Å². The SMILES string of the molecule is CCC(CC)c1ccnc(-c2[c-]cc3sc4cc(-c5ccccc5)cc(-c5ccccc5)c4c3c2)c1.C[Si](C)(C)c1cnc(-c2[c-]ccc(-c3ccccc3)c2)cc1Cc1ccccc1.[Ir]. The van der Waals surface area contributed by atoms with E-state index in [1.807, 2.05) is 29.7 Å². The molecule has 0 bridgehead atoms. The Kier molecular flexibility index (Phi) is 14.8. The Morgan fingerprint density at radius 2 is 1.17 bits per heavy atom. The number of hydrogen-bond acceptors (Lipinski definition) is 3. The molecule has 329 valence electrons. The Morgan fingerprint density at radius 1 is 0.561 bits per heavy atom. The molecule has 0 N–H and O–H groups in total. The summed E-state index contributed by atoms with van der Waals surface area (Å²) < 4.78 is 2.56. The van der Waals surface area contributed by atoms with Gasteiger partial charge in [-0.1, -0.05) is 183 Å². The van der Waals surface area contributed by atoms with Gasteiger partial charge in [-0.2, -0.15) is 11.3 Å². The number of benzene rings is 7. The van der Waals surface area contributed by atoms with Crippen molar-refractivity contribution in [1.29, 1.82) is 0 Å². The van der Waals surface area contributed by atoms with E-state index in [0.29, 0.717) is 5.92 Å². The van der Waals surface area contributed by atoms with Crippen LogP contribution >= 0.6 is 11.3 Å². The third-order valence-electron chi connectivity index (χ3n) is 12.4. The molecule has 66 heavy (non-hydrogen) atoms. The normalized spacial score (nSPS) is 11.3. The first-order valence-corrected chi connectivity index (χ1v) is 27.2. The molecule has 10 aromatic rings. The van der Waals surface area contributed by atoms with Gasteiger partial charge < -0.3 is 9.97 Å². The molecule has 7 aromatic carbocycles. The Hall–Kier alpha value is -6.07.